The van der Waals surface area contributed by atoms with Gasteiger partial charge in [0.15, 0.2) is 0 Å². The van der Waals surface area contributed by atoms with Crippen LogP contribution in [-0.4, -0.2) is 20.9 Å². The molecule has 0 aliphatic carbocycles. The van der Waals surface area contributed by atoms with Crippen LogP contribution in [0.4, 0.5) is 0 Å². The van der Waals surface area contributed by atoms with E-state index in [1.807, 2.05) is 18.6 Å². The third kappa shape index (κ3) is 3.83. The van der Waals surface area contributed by atoms with Gasteiger partial charge in [-0.25, -0.2) is 13.1 Å². The minimum Gasteiger partial charge on any atom is -0.549 e. The Bertz CT molecular complexity index is 491. The van der Waals surface area contributed by atoms with E-state index in [2.05, 4.69) is 0 Å². The minimum atomic E-state index is -3.77. The summed E-state index contributed by atoms with van der Waals surface area (Å²) in [6, 6.07) is 6.32. The van der Waals surface area contributed by atoms with E-state index in [4.69, 9.17) is 0 Å². The van der Waals surface area contributed by atoms with Gasteiger partial charge >= 0.3 is 0 Å². The molecule has 0 amide bonds. The molecule has 0 fully saturated rings. The van der Waals surface area contributed by atoms with Crippen LogP contribution in [0.25, 0.3) is 0 Å². The molecular weight excluding hydrogens is 242 g/mol. The standard InChI is InChI=1S/C11H15NO4S/c1-8(2)9-3-5-10(6-4-9)17(15,16)12-7-11(13)14/h3-6,8,12H,7H2,1-2H3,(H,13,14)/p-1. The summed E-state index contributed by atoms with van der Waals surface area (Å²) in [5, 5.41) is 10.2. The third-order valence-electron chi connectivity index (χ3n) is 2.26. The highest BCUT2D eigenvalue weighted by molar-refractivity contribution is 7.89. The Labute approximate surface area is 101 Å². The number of hydrogen-bond donors (Lipinski definition) is 1. The average Bonchev–Trinajstić information content (AvgIpc) is 2.27. The lowest BCUT2D eigenvalue weighted by Crippen LogP contribution is -2.37. The van der Waals surface area contributed by atoms with Gasteiger partial charge in [0.1, 0.15) is 0 Å². The van der Waals surface area contributed by atoms with Crippen molar-refractivity contribution in [2.45, 2.75) is 24.7 Å². The normalized spacial score (nSPS) is 11.7. The van der Waals surface area contributed by atoms with E-state index in [0.29, 0.717) is 5.92 Å². The summed E-state index contributed by atoms with van der Waals surface area (Å²) in [6.07, 6.45) is 0. The molecule has 1 N–H and O–H groups in total. The Balaban J connectivity index is 2.89. The van der Waals surface area contributed by atoms with Gasteiger partial charge in [-0.3, -0.25) is 0 Å². The van der Waals surface area contributed by atoms with Crippen LogP contribution in [0.1, 0.15) is 25.3 Å². The van der Waals surface area contributed by atoms with Crippen LogP contribution in [0.5, 0.6) is 0 Å². The van der Waals surface area contributed by atoms with E-state index in [1.165, 1.54) is 12.1 Å². The summed E-state index contributed by atoms with van der Waals surface area (Å²) in [5.74, 6) is -1.16. The summed E-state index contributed by atoms with van der Waals surface area (Å²) in [4.78, 5) is 10.2. The molecule has 1 rings (SSSR count). The smallest absolute Gasteiger partial charge is 0.240 e. The number of aliphatic carboxylic acids is 1. The molecule has 0 saturated heterocycles. The first-order valence-electron chi connectivity index (χ1n) is 5.12. The first kappa shape index (κ1) is 13.7. The number of carboxylic acid groups (broad SMARTS) is 1. The predicted octanol–water partition coefficient (Wildman–Crippen LogP) is -0.162. The van der Waals surface area contributed by atoms with Gasteiger partial charge < -0.3 is 9.90 Å². The summed E-state index contributed by atoms with van der Waals surface area (Å²) < 4.78 is 25.2. The number of rotatable bonds is 5. The molecular formula is C11H14NO4S-. The van der Waals surface area contributed by atoms with E-state index in [1.54, 1.807) is 12.1 Å². The lowest BCUT2D eigenvalue weighted by molar-refractivity contribution is -0.303. The zero-order valence-corrected chi connectivity index (χ0v) is 10.5. The zero-order chi connectivity index (χ0) is 13.1. The predicted molar refractivity (Wildman–Crippen MR) is 60.7 cm³/mol. The number of hydrogen-bond acceptors (Lipinski definition) is 4. The third-order valence-corrected chi connectivity index (χ3v) is 3.68. The van der Waals surface area contributed by atoms with Gasteiger partial charge in [-0.1, -0.05) is 26.0 Å². The summed E-state index contributed by atoms with van der Waals surface area (Å²) >= 11 is 0. The molecule has 6 heteroatoms. The number of carboxylic acids is 1. The van der Waals surface area contributed by atoms with Crippen LogP contribution >= 0.6 is 0 Å². The van der Waals surface area contributed by atoms with Crippen LogP contribution in [0.3, 0.4) is 0 Å². The Morgan fingerprint density at radius 2 is 1.82 bits per heavy atom. The maximum absolute atomic E-state index is 11.6. The van der Waals surface area contributed by atoms with Crippen LogP contribution in [-0.2, 0) is 14.8 Å². The van der Waals surface area contributed by atoms with Crippen molar-refractivity contribution in [3.05, 3.63) is 29.8 Å². The monoisotopic (exact) mass is 256 g/mol. The van der Waals surface area contributed by atoms with E-state index in [0.717, 1.165) is 5.56 Å². The number of sulfonamides is 1. The fourth-order valence-corrected chi connectivity index (χ4v) is 2.24. The van der Waals surface area contributed by atoms with Crippen molar-refractivity contribution in [1.29, 1.82) is 0 Å². The van der Waals surface area contributed by atoms with Crippen LogP contribution in [0.2, 0.25) is 0 Å². The summed E-state index contributed by atoms with van der Waals surface area (Å²) in [5.41, 5.74) is 1.02. The van der Waals surface area contributed by atoms with E-state index >= 15 is 0 Å². The van der Waals surface area contributed by atoms with Crippen molar-refractivity contribution < 1.29 is 18.3 Å². The molecule has 0 aliphatic heterocycles. The van der Waals surface area contributed by atoms with Gasteiger partial charge in [-0.05, 0) is 23.6 Å². The van der Waals surface area contributed by atoms with Gasteiger partial charge in [0.2, 0.25) is 10.0 Å². The number of nitrogens with one attached hydrogen (secondary N) is 1. The van der Waals surface area contributed by atoms with Gasteiger partial charge in [0, 0.05) is 0 Å². The molecule has 1 aromatic rings. The average molecular weight is 256 g/mol. The van der Waals surface area contributed by atoms with Crippen molar-refractivity contribution in [2.75, 3.05) is 6.54 Å². The van der Waals surface area contributed by atoms with Crippen molar-refractivity contribution in [3.63, 3.8) is 0 Å². The van der Waals surface area contributed by atoms with Gasteiger partial charge in [0.25, 0.3) is 0 Å². The van der Waals surface area contributed by atoms with E-state index in [-0.39, 0.29) is 4.90 Å². The molecule has 0 aromatic heterocycles. The van der Waals surface area contributed by atoms with Gasteiger partial charge in [0.05, 0.1) is 17.4 Å². The highest BCUT2D eigenvalue weighted by Crippen LogP contribution is 2.16. The van der Waals surface area contributed by atoms with Crippen molar-refractivity contribution in [3.8, 4) is 0 Å². The number of benzene rings is 1. The fraction of sp³-hybridized carbons (Fsp3) is 0.364. The van der Waals surface area contributed by atoms with Crippen LogP contribution in [0, 0.1) is 0 Å². The van der Waals surface area contributed by atoms with Gasteiger partial charge in [-0.15, -0.1) is 0 Å². The highest BCUT2D eigenvalue weighted by atomic mass is 32.2. The molecule has 0 spiro atoms. The lowest BCUT2D eigenvalue weighted by Gasteiger charge is -2.09. The lowest BCUT2D eigenvalue weighted by atomic mass is 10.0. The Hall–Kier alpha value is -1.40. The molecule has 0 saturated carbocycles. The van der Waals surface area contributed by atoms with E-state index < -0.39 is 22.5 Å². The Kier molecular flexibility index (Phi) is 4.25. The fourth-order valence-electron chi connectivity index (χ4n) is 1.27. The number of carbonyl (C=O) groups excluding carboxylic acids is 1. The largest absolute Gasteiger partial charge is 0.549 e. The Morgan fingerprint density at radius 1 is 1.29 bits per heavy atom. The molecule has 0 atom stereocenters. The summed E-state index contributed by atoms with van der Waals surface area (Å²) in [6.45, 7) is 3.27. The van der Waals surface area contributed by atoms with Crippen molar-refractivity contribution >= 4 is 16.0 Å². The molecule has 1 aromatic carbocycles. The molecule has 0 heterocycles. The molecule has 0 aliphatic rings. The maximum atomic E-state index is 11.6. The second-order valence-corrected chi connectivity index (χ2v) is 5.69. The zero-order valence-electron chi connectivity index (χ0n) is 9.64. The highest BCUT2D eigenvalue weighted by Gasteiger charge is 2.13. The van der Waals surface area contributed by atoms with E-state index in [9.17, 15) is 18.3 Å². The van der Waals surface area contributed by atoms with Crippen molar-refractivity contribution in [1.82, 2.24) is 4.72 Å². The van der Waals surface area contributed by atoms with Crippen LogP contribution < -0.4 is 9.83 Å². The SMILES string of the molecule is CC(C)c1ccc(S(=O)(=O)NCC(=O)[O-])cc1. The Morgan fingerprint density at radius 3 is 2.24 bits per heavy atom. The number of carbonyl (C=O) groups is 1. The molecule has 5 nitrogen and oxygen atoms in total. The molecule has 0 radical (unpaired) electrons. The molecule has 0 unspecified atom stereocenters. The second kappa shape index (κ2) is 5.29. The van der Waals surface area contributed by atoms with Gasteiger partial charge in [-0.2, -0.15) is 0 Å². The molecule has 17 heavy (non-hydrogen) atoms. The molecule has 0 bridgehead atoms. The minimum absolute atomic E-state index is 0.0446. The van der Waals surface area contributed by atoms with Crippen LogP contribution in [0.15, 0.2) is 29.2 Å². The summed E-state index contributed by atoms with van der Waals surface area (Å²) in [7, 11) is -3.77. The first-order chi connectivity index (χ1) is 7.83. The molecule has 94 valence electrons. The maximum Gasteiger partial charge on any atom is 0.240 e. The first-order valence-corrected chi connectivity index (χ1v) is 6.60. The topological polar surface area (TPSA) is 86.3 Å². The second-order valence-electron chi connectivity index (χ2n) is 3.92. The quantitative estimate of drug-likeness (QED) is 0.793. The van der Waals surface area contributed by atoms with Crippen molar-refractivity contribution in [2.24, 2.45) is 0 Å².